The van der Waals surface area contributed by atoms with Gasteiger partial charge in [-0.1, -0.05) is 6.92 Å². The molecular weight excluding hydrogens is 128 g/mol. The zero-order valence-corrected chi connectivity index (χ0v) is 6.14. The molecule has 0 bridgehead atoms. The third-order valence-corrected chi connectivity index (χ3v) is 1.53. The monoisotopic (exact) mass is 138 g/mol. The van der Waals surface area contributed by atoms with Gasteiger partial charge in [0.15, 0.2) is 6.29 Å². The molecule has 0 unspecified atom stereocenters. The van der Waals surface area contributed by atoms with Crippen molar-refractivity contribution in [2.24, 2.45) is 0 Å². The molecule has 1 aromatic heterocycles. The van der Waals surface area contributed by atoms with Gasteiger partial charge in [0.25, 0.3) is 0 Å². The van der Waals surface area contributed by atoms with Gasteiger partial charge in [0, 0.05) is 5.69 Å². The third-order valence-electron chi connectivity index (χ3n) is 1.53. The van der Waals surface area contributed by atoms with Crippen molar-refractivity contribution in [1.82, 2.24) is 10.2 Å². The molecule has 3 heteroatoms. The van der Waals surface area contributed by atoms with Crippen LogP contribution in [0.3, 0.4) is 0 Å². The summed E-state index contributed by atoms with van der Waals surface area (Å²) in [6.07, 6.45) is 1.65. The van der Waals surface area contributed by atoms with Crippen LogP contribution in [0.25, 0.3) is 0 Å². The molecule has 3 nitrogen and oxygen atoms in total. The number of aryl methyl sites for hydroxylation is 2. The predicted octanol–water partition coefficient (Wildman–Crippen LogP) is 1.09. The van der Waals surface area contributed by atoms with Gasteiger partial charge in [0.2, 0.25) is 0 Å². The van der Waals surface area contributed by atoms with E-state index >= 15 is 0 Å². The molecule has 1 rings (SSSR count). The van der Waals surface area contributed by atoms with Crippen molar-refractivity contribution in [3.05, 3.63) is 17.0 Å². The van der Waals surface area contributed by atoms with Crippen LogP contribution in [0.4, 0.5) is 0 Å². The molecule has 0 aliphatic heterocycles. The third kappa shape index (κ3) is 0.943. The molecule has 10 heavy (non-hydrogen) atoms. The average molecular weight is 138 g/mol. The average Bonchev–Trinajstić information content (AvgIpc) is 2.30. The molecular formula is C7H10N2O. The number of hydrogen-bond acceptors (Lipinski definition) is 2. The number of hydrogen-bond donors (Lipinski definition) is 1. The fourth-order valence-electron chi connectivity index (χ4n) is 0.914. The van der Waals surface area contributed by atoms with Crippen LogP contribution in [0.5, 0.6) is 0 Å². The van der Waals surface area contributed by atoms with Gasteiger partial charge in [-0.3, -0.25) is 9.89 Å². The van der Waals surface area contributed by atoms with Crippen LogP contribution < -0.4 is 0 Å². The van der Waals surface area contributed by atoms with Crippen molar-refractivity contribution >= 4 is 6.29 Å². The van der Waals surface area contributed by atoms with Gasteiger partial charge in [0.05, 0.1) is 11.3 Å². The molecule has 0 aliphatic rings. The summed E-state index contributed by atoms with van der Waals surface area (Å²) in [7, 11) is 0. The van der Waals surface area contributed by atoms with Gasteiger partial charge in [0.1, 0.15) is 0 Å². The van der Waals surface area contributed by atoms with Gasteiger partial charge in [-0.25, -0.2) is 0 Å². The van der Waals surface area contributed by atoms with Crippen molar-refractivity contribution in [2.75, 3.05) is 0 Å². The Morgan fingerprint density at radius 2 is 2.40 bits per heavy atom. The second-order valence-corrected chi connectivity index (χ2v) is 2.18. The highest BCUT2D eigenvalue weighted by Crippen LogP contribution is 2.06. The summed E-state index contributed by atoms with van der Waals surface area (Å²) >= 11 is 0. The maximum Gasteiger partial charge on any atom is 0.153 e. The SMILES string of the molecule is CCc1n[nH]c(C)c1C=O. The number of nitrogens with zero attached hydrogens (tertiary/aromatic N) is 1. The minimum Gasteiger partial charge on any atom is -0.298 e. The normalized spacial score (nSPS) is 9.80. The highest BCUT2D eigenvalue weighted by atomic mass is 16.1. The summed E-state index contributed by atoms with van der Waals surface area (Å²) in [6, 6.07) is 0. The van der Waals surface area contributed by atoms with Crippen LogP contribution in [-0.2, 0) is 6.42 Å². The Bertz CT molecular complexity index is 240. The Morgan fingerprint density at radius 3 is 2.80 bits per heavy atom. The minimum atomic E-state index is 0.711. The van der Waals surface area contributed by atoms with Crippen LogP contribution in [-0.4, -0.2) is 16.5 Å². The first-order chi connectivity index (χ1) is 4.79. The van der Waals surface area contributed by atoms with Crippen molar-refractivity contribution in [3.63, 3.8) is 0 Å². The zero-order chi connectivity index (χ0) is 7.56. The summed E-state index contributed by atoms with van der Waals surface area (Å²) < 4.78 is 0. The van der Waals surface area contributed by atoms with E-state index in [-0.39, 0.29) is 0 Å². The summed E-state index contributed by atoms with van der Waals surface area (Å²) in [4.78, 5) is 10.4. The number of nitrogens with one attached hydrogen (secondary N) is 1. The van der Waals surface area contributed by atoms with Crippen LogP contribution in [0.1, 0.15) is 28.7 Å². The molecule has 1 heterocycles. The lowest BCUT2D eigenvalue weighted by molar-refractivity contribution is 0.112. The van der Waals surface area contributed by atoms with Crippen LogP contribution in [0.2, 0.25) is 0 Å². The lowest BCUT2D eigenvalue weighted by atomic mass is 10.2. The fraction of sp³-hybridized carbons (Fsp3) is 0.429. The molecule has 0 aliphatic carbocycles. The number of carbonyl (C=O) groups is 1. The van der Waals surface area contributed by atoms with Crippen LogP contribution in [0, 0.1) is 6.92 Å². The summed E-state index contributed by atoms with van der Waals surface area (Å²) in [5.41, 5.74) is 2.42. The lowest BCUT2D eigenvalue weighted by Crippen LogP contribution is -1.87. The van der Waals surface area contributed by atoms with Gasteiger partial charge >= 0.3 is 0 Å². The molecule has 54 valence electrons. The second-order valence-electron chi connectivity index (χ2n) is 2.18. The minimum absolute atomic E-state index is 0.711. The molecule has 0 spiro atoms. The number of aromatic amines is 1. The Labute approximate surface area is 59.4 Å². The van der Waals surface area contributed by atoms with E-state index in [1.807, 2.05) is 13.8 Å². The molecule has 1 N–H and O–H groups in total. The largest absolute Gasteiger partial charge is 0.298 e. The Kier molecular flexibility index (Phi) is 1.85. The molecule has 0 atom stereocenters. The first-order valence-corrected chi connectivity index (χ1v) is 3.28. The van der Waals surface area contributed by atoms with Crippen LogP contribution >= 0.6 is 0 Å². The molecule has 1 aromatic rings. The van der Waals surface area contributed by atoms with Crippen LogP contribution in [0.15, 0.2) is 0 Å². The van der Waals surface area contributed by atoms with E-state index in [1.54, 1.807) is 0 Å². The van der Waals surface area contributed by atoms with Crippen molar-refractivity contribution in [3.8, 4) is 0 Å². The van der Waals surface area contributed by atoms with E-state index in [9.17, 15) is 4.79 Å². The topological polar surface area (TPSA) is 45.8 Å². The molecule has 0 aromatic carbocycles. The Hall–Kier alpha value is -1.12. The van der Waals surface area contributed by atoms with E-state index < -0.39 is 0 Å². The van der Waals surface area contributed by atoms with Gasteiger partial charge < -0.3 is 0 Å². The lowest BCUT2D eigenvalue weighted by Gasteiger charge is -1.87. The number of rotatable bonds is 2. The van der Waals surface area contributed by atoms with Gasteiger partial charge in [-0.15, -0.1) is 0 Å². The predicted molar refractivity (Wildman–Crippen MR) is 38.1 cm³/mol. The van der Waals surface area contributed by atoms with Gasteiger partial charge in [-0.05, 0) is 13.3 Å². The molecule has 0 saturated carbocycles. The van der Waals surface area contributed by atoms with Crippen molar-refractivity contribution in [2.45, 2.75) is 20.3 Å². The number of aromatic nitrogens is 2. The van der Waals surface area contributed by atoms with E-state index in [2.05, 4.69) is 10.2 Å². The molecule has 0 saturated heterocycles. The van der Waals surface area contributed by atoms with E-state index in [0.717, 1.165) is 24.1 Å². The first-order valence-electron chi connectivity index (χ1n) is 3.28. The van der Waals surface area contributed by atoms with Gasteiger partial charge in [-0.2, -0.15) is 5.10 Å². The fourth-order valence-corrected chi connectivity index (χ4v) is 0.914. The number of H-pyrrole nitrogens is 1. The Morgan fingerprint density at radius 1 is 1.70 bits per heavy atom. The first kappa shape index (κ1) is 6.99. The summed E-state index contributed by atoms with van der Waals surface area (Å²) in [6.45, 7) is 3.82. The van der Waals surface area contributed by atoms with Crippen molar-refractivity contribution < 1.29 is 4.79 Å². The maximum absolute atomic E-state index is 10.4. The summed E-state index contributed by atoms with van der Waals surface area (Å²) in [5, 5.41) is 6.71. The zero-order valence-electron chi connectivity index (χ0n) is 6.14. The molecule has 0 amide bonds. The van der Waals surface area contributed by atoms with E-state index in [1.165, 1.54) is 0 Å². The Balaban J connectivity index is 3.12. The smallest absolute Gasteiger partial charge is 0.153 e. The molecule has 0 radical (unpaired) electrons. The quantitative estimate of drug-likeness (QED) is 0.622. The summed E-state index contributed by atoms with van der Waals surface area (Å²) in [5.74, 6) is 0. The second kappa shape index (κ2) is 2.64. The highest BCUT2D eigenvalue weighted by Gasteiger charge is 2.05. The maximum atomic E-state index is 10.4. The highest BCUT2D eigenvalue weighted by molar-refractivity contribution is 5.77. The standard InChI is InChI=1S/C7H10N2O/c1-3-7-6(4-10)5(2)8-9-7/h4H,3H2,1-2H3,(H,8,9). The van der Waals surface area contributed by atoms with E-state index in [4.69, 9.17) is 0 Å². The number of aldehydes is 1. The molecule has 0 fully saturated rings. The number of carbonyl (C=O) groups excluding carboxylic acids is 1. The van der Waals surface area contributed by atoms with Crippen molar-refractivity contribution in [1.29, 1.82) is 0 Å². The van der Waals surface area contributed by atoms with E-state index in [0.29, 0.717) is 5.56 Å².